The zero-order valence-electron chi connectivity index (χ0n) is 20.1. The third-order valence-electron chi connectivity index (χ3n) is 6.61. The molecule has 1 fully saturated rings. The fourth-order valence-corrected chi connectivity index (χ4v) is 4.69. The number of urea groups is 1. The van der Waals surface area contributed by atoms with Crippen LogP contribution in [0.25, 0.3) is 11.3 Å². The van der Waals surface area contributed by atoms with Gasteiger partial charge in [0, 0.05) is 63.2 Å². The summed E-state index contributed by atoms with van der Waals surface area (Å²) in [7, 11) is 1.79. The van der Waals surface area contributed by atoms with E-state index in [-0.39, 0.29) is 11.7 Å². The van der Waals surface area contributed by atoms with Gasteiger partial charge in [-0.05, 0) is 31.5 Å². The maximum Gasteiger partial charge on any atom is 0.341 e. The van der Waals surface area contributed by atoms with E-state index in [1.807, 2.05) is 11.8 Å². The highest BCUT2D eigenvalue weighted by molar-refractivity contribution is 5.79. The third-order valence-corrected chi connectivity index (χ3v) is 6.61. The van der Waals surface area contributed by atoms with Gasteiger partial charge in [0.25, 0.3) is 0 Å². The molecule has 0 spiro atoms. The van der Waals surface area contributed by atoms with E-state index in [0.29, 0.717) is 55.4 Å². The van der Waals surface area contributed by atoms with Crippen LogP contribution in [0.2, 0.25) is 0 Å². The summed E-state index contributed by atoms with van der Waals surface area (Å²) in [6, 6.07) is 2.31. The number of aromatic nitrogens is 4. The molecule has 2 amide bonds. The van der Waals surface area contributed by atoms with Crippen LogP contribution in [0.1, 0.15) is 29.4 Å². The topological polar surface area (TPSA) is 82.8 Å². The zero-order valence-corrected chi connectivity index (χ0v) is 20.1. The van der Waals surface area contributed by atoms with Gasteiger partial charge in [-0.25, -0.2) is 32.9 Å². The Morgan fingerprint density at radius 3 is 2.36 bits per heavy atom. The Morgan fingerprint density at radius 2 is 1.72 bits per heavy atom. The number of carbonyl (C=O) groups excluding carboxylic acids is 1. The lowest BCUT2D eigenvalue weighted by Crippen LogP contribution is -2.52. The van der Waals surface area contributed by atoms with Crippen LogP contribution in [0.15, 0.2) is 29.5 Å². The predicted octanol–water partition coefficient (Wildman–Crippen LogP) is 3.59. The average Bonchev–Trinajstić information content (AvgIpc) is 3.43. The van der Waals surface area contributed by atoms with E-state index in [4.69, 9.17) is 0 Å². The van der Waals surface area contributed by atoms with Gasteiger partial charge in [0.15, 0.2) is 5.82 Å². The molecule has 188 valence electrons. The van der Waals surface area contributed by atoms with E-state index >= 15 is 0 Å². The van der Waals surface area contributed by atoms with Crippen molar-refractivity contribution in [1.29, 1.82) is 0 Å². The van der Waals surface area contributed by atoms with Gasteiger partial charge < -0.3 is 9.80 Å². The Hall–Kier alpha value is -3.96. The molecule has 5 rings (SSSR count). The molecule has 0 bridgehead atoms. The SMILES string of the molecule is Cc1nn(C)c(C)c1-c1nc(N2CCN(C(=O)N3N=CC[C@H]3c3cc(F)cc(F)c3)CC2)ncc1F. The zero-order chi connectivity index (χ0) is 25.6. The van der Waals surface area contributed by atoms with Crippen LogP contribution in [0.5, 0.6) is 0 Å². The standard InChI is InChI=1S/C24H25F3N8O/c1-14-21(15(2)32(3)31-14)22-19(27)13-28-23(30-22)33-6-8-34(9-7-33)24(36)35-20(4-5-29-35)16-10-17(25)12-18(26)11-16/h5,10-13,20H,4,6-9H2,1-3H3/t20-/m0/s1. The van der Waals surface area contributed by atoms with Gasteiger partial charge in [0.05, 0.1) is 17.9 Å². The highest BCUT2D eigenvalue weighted by Crippen LogP contribution is 2.31. The summed E-state index contributed by atoms with van der Waals surface area (Å²) in [4.78, 5) is 25.4. The molecule has 2 aliphatic rings. The largest absolute Gasteiger partial charge is 0.341 e. The number of rotatable bonds is 3. The Kier molecular flexibility index (Phi) is 6.10. The van der Waals surface area contributed by atoms with Gasteiger partial charge in [0.2, 0.25) is 5.95 Å². The van der Waals surface area contributed by atoms with Crippen LogP contribution in [0.3, 0.4) is 0 Å². The van der Waals surface area contributed by atoms with Crippen LogP contribution in [-0.4, -0.2) is 68.1 Å². The lowest BCUT2D eigenvalue weighted by molar-refractivity contribution is 0.139. The molecule has 9 nitrogen and oxygen atoms in total. The Bertz CT molecular complexity index is 1330. The number of hydrogen-bond acceptors (Lipinski definition) is 6. The van der Waals surface area contributed by atoms with Crippen molar-refractivity contribution in [2.24, 2.45) is 12.1 Å². The van der Waals surface area contributed by atoms with Crippen LogP contribution < -0.4 is 4.90 Å². The van der Waals surface area contributed by atoms with Crippen LogP contribution >= 0.6 is 0 Å². The molecule has 0 radical (unpaired) electrons. The Morgan fingerprint density at radius 1 is 1.03 bits per heavy atom. The summed E-state index contributed by atoms with van der Waals surface area (Å²) < 4.78 is 43.8. The monoisotopic (exact) mass is 498 g/mol. The number of carbonyl (C=O) groups is 1. The first-order chi connectivity index (χ1) is 17.2. The van der Waals surface area contributed by atoms with Gasteiger partial charge >= 0.3 is 6.03 Å². The molecular weight excluding hydrogens is 473 g/mol. The molecule has 4 heterocycles. The Balaban J connectivity index is 1.30. The van der Waals surface area contributed by atoms with Crippen molar-refractivity contribution in [2.45, 2.75) is 26.3 Å². The van der Waals surface area contributed by atoms with E-state index in [0.717, 1.165) is 18.0 Å². The van der Waals surface area contributed by atoms with Crippen molar-refractivity contribution in [3.05, 3.63) is 58.8 Å². The smallest absolute Gasteiger partial charge is 0.337 e. The van der Waals surface area contributed by atoms with Crippen LogP contribution in [0, 0.1) is 31.3 Å². The molecule has 1 saturated heterocycles. The first-order valence-corrected chi connectivity index (χ1v) is 11.6. The van der Waals surface area contributed by atoms with Gasteiger partial charge in [-0.2, -0.15) is 10.2 Å². The van der Waals surface area contributed by atoms with Crippen molar-refractivity contribution >= 4 is 18.2 Å². The fraction of sp³-hybridized carbons (Fsp3) is 0.375. The lowest BCUT2D eigenvalue weighted by atomic mass is 10.0. The second-order valence-corrected chi connectivity index (χ2v) is 8.89. The first kappa shape index (κ1) is 23.8. The number of aryl methyl sites for hydroxylation is 2. The summed E-state index contributed by atoms with van der Waals surface area (Å²) >= 11 is 0. The summed E-state index contributed by atoms with van der Waals surface area (Å²) in [5.74, 6) is -1.56. The van der Waals surface area contributed by atoms with Crippen LogP contribution in [-0.2, 0) is 7.05 Å². The maximum atomic E-state index is 14.7. The number of benzene rings is 1. The molecule has 2 aliphatic heterocycles. The number of halogens is 3. The molecule has 3 aromatic rings. The van der Waals surface area contributed by atoms with Crippen molar-refractivity contribution < 1.29 is 18.0 Å². The molecule has 0 aliphatic carbocycles. The minimum atomic E-state index is -0.701. The van der Waals surface area contributed by atoms with Gasteiger partial charge in [-0.1, -0.05) is 0 Å². The average molecular weight is 499 g/mol. The molecule has 1 aromatic carbocycles. The molecule has 2 aromatic heterocycles. The van der Waals surface area contributed by atoms with E-state index in [1.165, 1.54) is 17.1 Å². The molecule has 0 N–H and O–H groups in total. The van der Waals surface area contributed by atoms with E-state index < -0.39 is 23.5 Å². The molecule has 12 heteroatoms. The summed E-state index contributed by atoms with van der Waals surface area (Å²) in [6.45, 7) is 5.23. The highest BCUT2D eigenvalue weighted by atomic mass is 19.1. The summed E-state index contributed by atoms with van der Waals surface area (Å²) in [5, 5.41) is 9.78. The normalized spacial score (nSPS) is 17.8. The van der Waals surface area contributed by atoms with E-state index in [2.05, 4.69) is 20.2 Å². The van der Waals surface area contributed by atoms with Crippen molar-refractivity contribution in [1.82, 2.24) is 29.7 Å². The van der Waals surface area contributed by atoms with Gasteiger partial charge in [0.1, 0.15) is 17.3 Å². The third kappa shape index (κ3) is 4.27. The minimum Gasteiger partial charge on any atom is -0.337 e. The maximum absolute atomic E-state index is 14.7. The fourth-order valence-electron chi connectivity index (χ4n) is 4.69. The summed E-state index contributed by atoms with van der Waals surface area (Å²) in [5.41, 5.74) is 2.65. The number of nitrogens with zero attached hydrogens (tertiary/aromatic N) is 8. The quantitative estimate of drug-likeness (QED) is 0.551. The minimum absolute atomic E-state index is 0.193. The van der Waals surface area contributed by atoms with Crippen molar-refractivity contribution in [2.75, 3.05) is 31.1 Å². The highest BCUT2D eigenvalue weighted by Gasteiger charge is 2.34. The molecule has 1 atom stereocenters. The lowest BCUT2D eigenvalue weighted by Gasteiger charge is -2.37. The molecule has 0 unspecified atom stereocenters. The van der Waals surface area contributed by atoms with E-state index in [9.17, 15) is 18.0 Å². The molecule has 36 heavy (non-hydrogen) atoms. The van der Waals surface area contributed by atoms with Gasteiger partial charge in [-0.3, -0.25) is 4.68 Å². The van der Waals surface area contributed by atoms with Crippen molar-refractivity contribution in [3.63, 3.8) is 0 Å². The second-order valence-electron chi connectivity index (χ2n) is 8.89. The predicted molar refractivity (Wildman–Crippen MR) is 127 cm³/mol. The number of hydrazone groups is 1. The van der Waals surface area contributed by atoms with Crippen molar-refractivity contribution in [3.8, 4) is 11.3 Å². The summed E-state index contributed by atoms with van der Waals surface area (Å²) in [6.07, 6.45) is 3.09. The number of hydrogen-bond donors (Lipinski definition) is 0. The van der Waals surface area contributed by atoms with E-state index in [1.54, 1.807) is 29.8 Å². The molecular formula is C24H25F3N8O. The second kappa shape index (κ2) is 9.25. The number of amides is 2. The number of anilines is 1. The number of piperazine rings is 1. The molecule has 0 saturated carbocycles. The Labute approximate surface area is 205 Å². The van der Waals surface area contributed by atoms with Crippen LogP contribution in [0.4, 0.5) is 23.9 Å². The van der Waals surface area contributed by atoms with Gasteiger partial charge in [-0.15, -0.1) is 0 Å². The first-order valence-electron chi connectivity index (χ1n) is 11.6.